The summed E-state index contributed by atoms with van der Waals surface area (Å²) in [5.41, 5.74) is 3.65. The number of para-hydroxylation sites is 1. The summed E-state index contributed by atoms with van der Waals surface area (Å²) in [6, 6.07) is 14.6. The summed E-state index contributed by atoms with van der Waals surface area (Å²) in [5.74, 6) is 0. The summed E-state index contributed by atoms with van der Waals surface area (Å²) in [4.78, 5) is 11.0. The third-order valence-electron chi connectivity index (χ3n) is 5.07. The van der Waals surface area contributed by atoms with Gasteiger partial charge in [0.1, 0.15) is 0 Å². The molecule has 3 heterocycles. The first-order valence-electron chi connectivity index (χ1n) is 9.33. The Bertz CT molecular complexity index is 847. The van der Waals surface area contributed by atoms with Gasteiger partial charge in [-0.15, -0.1) is 0 Å². The number of hydrogen-bond donors (Lipinski definition) is 0. The van der Waals surface area contributed by atoms with Gasteiger partial charge in [-0.3, -0.25) is 14.9 Å². The summed E-state index contributed by atoms with van der Waals surface area (Å²) in [7, 11) is 2.15. The zero-order valence-electron chi connectivity index (χ0n) is 15.2. The molecular weight excluding hydrogens is 322 g/mol. The lowest BCUT2D eigenvalue weighted by molar-refractivity contribution is 0.0268. The van der Waals surface area contributed by atoms with Gasteiger partial charge in [0.2, 0.25) is 0 Å². The molecule has 0 spiro atoms. The molecule has 134 valence electrons. The van der Waals surface area contributed by atoms with Crippen molar-refractivity contribution in [3.8, 4) is 0 Å². The first kappa shape index (κ1) is 17.1. The van der Waals surface area contributed by atoms with Crippen molar-refractivity contribution in [2.75, 3.05) is 13.6 Å². The fourth-order valence-electron chi connectivity index (χ4n) is 3.86. The number of likely N-dealkylation sites (N-methyl/N-ethyl adjacent to an activating group) is 1. The van der Waals surface area contributed by atoms with Crippen LogP contribution in [0.2, 0.25) is 0 Å². The van der Waals surface area contributed by atoms with Crippen molar-refractivity contribution < 1.29 is 4.74 Å². The molecule has 1 aliphatic rings. The number of aromatic nitrogens is 2. The third-order valence-corrected chi connectivity index (χ3v) is 5.07. The molecule has 0 amide bonds. The molecular formula is C22H25N3O. The molecule has 4 rings (SSSR count). The van der Waals surface area contributed by atoms with Gasteiger partial charge in [-0.05, 0) is 55.6 Å². The number of ether oxygens (including phenoxy) is 1. The Hall–Kier alpha value is -2.30. The van der Waals surface area contributed by atoms with Crippen LogP contribution in [0.25, 0.3) is 10.9 Å². The van der Waals surface area contributed by atoms with E-state index in [0.29, 0.717) is 12.2 Å². The lowest BCUT2D eigenvalue weighted by atomic mass is 10.0. The van der Waals surface area contributed by atoms with Crippen LogP contribution in [0.3, 0.4) is 0 Å². The Balaban J connectivity index is 1.33. The third kappa shape index (κ3) is 4.09. The predicted molar refractivity (Wildman–Crippen MR) is 104 cm³/mol. The molecule has 1 fully saturated rings. The number of hydrogen-bond acceptors (Lipinski definition) is 4. The highest BCUT2D eigenvalue weighted by Crippen LogP contribution is 2.26. The minimum absolute atomic E-state index is 0.303. The highest BCUT2D eigenvalue weighted by Gasteiger charge is 2.26. The molecule has 1 aromatic carbocycles. The van der Waals surface area contributed by atoms with Crippen LogP contribution in [0.5, 0.6) is 0 Å². The van der Waals surface area contributed by atoms with Gasteiger partial charge in [0.05, 0.1) is 17.7 Å². The molecule has 2 aromatic heterocycles. The molecule has 0 unspecified atom stereocenters. The maximum atomic E-state index is 6.34. The molecule has 2 atom stereocenters. The van der Waals surface area contributed by atoms with Crippen molar-refractivity contribution in [1.29, 1.82) is 0 Å². The summed E-state index contributed by atoms with van der Waals surface area (Å²) < 4.78 is 6.34. The molecule has 0 saturated carbocycles. The van der Waals surface area contributed by atoms with E-state index in [1.807, 2.05) is 30.7 Å². The Morgan fingerprint density at radius 1 is 1.04 bits per heavy atom. The molecule has 0 N–H and O–H groups in total. The van der Waals surface area contributed by atoms with E-state index in [0.717, 1.165) is 37.9 Å². The van der Waals surface area contributed by atoms with E-state index >= 15 is 0 Å². The minimum Gasteiger partial charge on any atom is -0.373 e. The monoisotopic (exact) mass is 347 g/mol. The van der Waals surface area contributed by atoms with Crippen LogP contribution in [0.15, 0.2) is 61.1 Å². The zero-order chi connectivity index (χ0) is 17.8. The van der Waals surface area contributed by atoms with E-state index < -0.39 is 0 Å². The van der Waals surface area contributed by atoms with Crippen molar-refractivity contribution in [3.63, 3.8) is 0 Å². The summed E-state index contributed by atoms with van der Waals surface area (Å²) in [6.45, 7) is 1.87. The van der Waals surface area contributed by atoms with Crippen molar-refractivity contribution in [2.45, 2.75) is 38.0 Å². The summed E-state index contributed by atoms with van der Waals surface area (Å²) in [5, 5.41) is 1.25. The van der Waals surface area contributed by atoms with Gasteiger partial charge in [-0.25, -0.2) is 0 Å². The zero-order valence-corrected chi connectivity index (χ0v) is 15.2. The van der Waals surface area contributed by atoms with E-state index in [2.05, 4.69) is 52.2 Å². The number of fused-ring (bicyclic) bond motifs is 1. The van der Waals surface area contributed by atoms with Crippen LogP contribution in [0, 0.1) is 0 Å². The van der Waals surface area contributed by atoms with Gasteiger partial charge >= 0.3 is 0 Å². The molecule has 4 nitrogen and oxygen atoms in total. The van der Waals surface area contributed by atoms with Crippen LogP contribution >= 0.6 is 0 Å². The number of pyridine rings is 2. The second-order valence-electron chi connectivity index (χ2n) is 7.21. The van der Waals surface area contributed by atoms with Gasteiger partial charge in [0, 0.05) is 37.1 Å². The first-order chi connectivity index (χ1) is 12.8. The molecule has 1 saturated heterocycles. The highest BCUT2D eigenvalue weighted by atomic mass is 16.5. The molecule has 1 aliphatic heterocycles. The lowest BCUT2D eigenvalue weighted by Gasteiger charge is -2.21. The van der Waals surface area contributed by atoms with Gasteiger partial charge < -0.3 is 4.74 Å². The predicted octanol–water partition coefficient (Wildman–Crippen LogP) is 3.85. The maximum absolute atomic E-state index is 6.34. The second-order valence-corrected chi connectivity index (χ2v) is 7.21. The van der Waals surface area contributed by atoms with Crippen LogP contribution in [-0.2, 0) is 17.7 Å². The quantitative estimate of drug-likeness (QED) is 0.679. The average Bonchev–Trinajstić information content (AvgIpc) is 3.09. The van der Waals surface area contributed by atoms with E-state index in [4.69, 9.17) is 4.74 Å². The van der Waals surface area contributed by atoms with Crippen LogP contribution in [0.1, 0.15) is 24.0 Å². The van der Waals surface area contributed by atoms with Crippen molar-refractivity contribution in [1.82, 2.24) is 14.9 Å². The standard InChI is InChI=1S/C22H25N3O/c1-25(15-17-5-4-11-23-14-17)16-20-9-8-19(26-20)13-18-10-12-24-22-7-3-2-6-21(18)22/h2-7,10-12,14,19-20H,8-9,13,15-16H2,1H3/t19-,20+/m0/s1. The Morgan fingerprint density at radius 3 is 2.81 bits per heavy atom. The average molecular weight is 347 g/mol. The van der Waals surface area contributed by atoms with E-state index in [1.165, 1.54) is 16.5 Å². The highest BCUT2D eigenvalue weighted by molar-refractivity contribution is 5.81. The first-order valence-corrected chi connectivity index (χ1v) is 9.33. The normalized spacial score (nSPS) is 20.1. The van der Waals surface area contributed by atoms with Crippen LogP contribution in [0.4, 0.5) is 0 Å². The van der Waals surface area contributed by atoms with Crippen LogP contribution in [-0.4, -0.2) is 40.7 Å². The van der Waals surface area contributed by atoms with Gasteiger partial charge in [-0.2, -0.15) is 0 Å². The summed E-state index contributed by atoms with van der Waals surface area (Å²) >= 11 is 0. The summed E-state index contributed by atoms with van der Waals surface area (Å²) in [6.07, 6.45) is 9.50. The molecule has 0 bridgehead atoms. The number of rotatable bonds is 6. The van der Waals surface area contributed by atoms with E-state index in [9.17, 15) is 0 Å². The Morgan fingerprint density at radius 2 is 1.92 bits per heavy atom. The minimum atomic E-state index is 0.303. The van der Waals surface area contributed by atoms with Crippen LogP contribution < -0.4 is 0 Å². The molecule has 0 aliphatic carbocycles. The fraction of sp³-hybridized carbons (Fsp3) is 0.364. The lowest BCUT2D eigenvalue weighted by Crippen LogP contribution is -2.29. The molecule has 26 heavy (non-hydrogen) atoms. The van der Waals surface area contributed by atoms with Crippen molar-refractivity contribution >= 4 is 10.9 Å². The van der Waals surface area contributed by atoms with Crippen molar-refractivity contribution in [2.24, 2.45) is 0 Å². The van der Waals surface area contributed by atoms with Gasteiger partial charge in [0.15, 0.2) is 0 Å². The Kier molecular flexibility index (Phi) is 5.23. The fourth-order valence-corrected chi connectivity index (χ4v) is 3.86. The number of nitrogens with zero attached hydrogens (tertiary/aromatic N) is 3. The van der Waals surface area contributed by atoms with E-state index in [-0.39, 0.29) is 0 Å². The molecule has 4 heteroatoms. The SMILES string of the molecule is CN(Cc1cccnc1)C[C@H]1CC[C@@H](Cc2ccnc3ccccc23)O1. The van der Waals surface area contributed by atoms with E-state index in [1.54, 1.807) is 0 Å². The number of benzene rings is 1. The maximum Gasteiger partial charge on any atom is 0.0706 e. The van der Waals surface area contributed by atoms with Crippen molar-refractivity contribution in [3.05, 3.63) is 72.2 Å². The molecule has 3 aromatic rings. The topological polar surface area (TPSA) is 38.2 Å². The molecule has 0 radical (unpaired) electrons. The van der Waals surface area contributed by atoms with Gasteiger partial charge in [0.25, 0.3) is 0 Å². The Labute approximate surface area is 154 Å². The largest absolute Gasteiger partial charge is 0.373 e. The van der Waals surface area contributed by atoms with Gasteiger partial charge in [-0.1, -0.05) is 24.3 Å². The smallest absolute Gasteiger partial charge is 0.0706 e. The second kappa shape index (κ2) is 7.94.